The molecule has 0 spiro atoms. The summed E-state index contributed by atoms with van der Waals surface area (Å²) >= 11 is 2.86. The van der Waals surface area contributed by atoms with Gasteiger partial charge >= 0.3 is 0 Å². The van der Waals surface area contributed by atoms with Gasteiger partial charge in [0.15, 0.2) is 5.78 Å². The molecule has 3 heterocycles. The van der Waals surface area contributed by atoms with E-state index in [4.69, 9.17) is 4.74 Å². The molecule has 1 aliphatic heterocycles. The van der Waals surface area contributed by atoms with Gasteiger partial charge in [-0.2, -0.15) is 4.31 Å². The van der Waals surface area contributed by atoms with Gasteiger partial charge in [-0.15, -0.1) is 22.7 Å². The summed E-state index contributed by atoms with van der Waals surface area (Å²) < 4.78 is 32.1. The quantitative estimate of drug-likeness (QED) is 0.556. The zero-order valence-electron chi connectivity index (χ0n) is 14.9. The highest BCUT2D eigenvalue weighted by Crippen LogP contribution is 2.26. The van der Waals surface area contributed by atoms with Crippen molar-refractivity contribution in [1.29, 1.82) is 0 Å². The van der Waals surface area contributed by atoms with Crippen molar-refractivity contribution < 1.29 is 17.9 Å². The Balaban J connectivity index is 1.48. The minimum Gasteiger partial charge on any atom is -0.379 e. The summed E-state index contributed by atoms with van der Waals surface area (Å²) in [5, 5.41) is 4.52. The first-order valence-electron chi connectivity index (χ1n) is 8.73. The molecule has 1 aromatic carbocycles. The Bertz CT molecular complexity index is 1050. The third-order valence-corrected chi connectivity index (χ3v) is 8.09. The van der Waals surface area contributed by atoms with Crippen LogP contribution in [0.15, 0.2) is 52.1 Å². The molecule has 146 valence electrons. The molecule has 9 heteroatoms. The van der Waals surface area contributed by atoms with Crippen molar-refractivity contribution in [1.82, 2.24) is 9.29 Å². The number of ether oxygens (including phenoxy) is 1. The molecule has 28 heavy (non-hydrogen) atoms. The second-order valence-corrected chi connectivity index (χ2v) is 10.1. The number of thiophene rings is 1. The van der Waals surface area contributed by atoms with Gasteiger partial charge in [-0.3, -0.25) is 4.79 Å². The minimum atomic E-state index is -3.50. The number of ketones is 1. The number of sulfonamides is 1. The van der Waals surface area contributed by atoms with Crippen LogP contribution in [0.1, 0.15) is 14.7 Å². The summed E-state index contributed by atoms with van der Waals surface area (Å²) in [4.78, 5) is 17.8. The molecule has 1 saturated heterocycles. The van der Waals surface area contributed by atoms with Crippen LogP contribution in [0.2, 0.25) is 0 Å². The molecule has 0 amide bonds. The van der Waals surface area contributed by atoms with Crippen LogP contribution in [-0.4, -0.2) is 49.8 Å². The van der Waals surface area contributed by atoms with E-state index in [1.54, 1.807) is 24.3 Å². The molecule has 1 aliphatic rings. The van der Waals surface area contributed by atoms with Gasteiger partial charge in [0.05, 0.1) is 35.1 Å². The maximum Gasteiger partial charge on any atom is 0.243 e. The van der Waals surface area contributed by atoms with Crippen molar-refractivity contribution in [2.75, 3.05) is 26.3 Å². The van der Waals surface area contributed by atoms with E-state index >= 15 is 0 Å². The van der Waals surface area contributed by atoms with Gasteiger partial charge in [0.1, 0.15) is 5.01 Å². The number of morpholine rings is 1. The van der Waals surface area contributed by atoms with Gasteiger partial charge < -0.3 is 4.74 Å². The van der Waals surface area contributed by atoms with E-state index in [-0.39, 0.29) is 17.1 Å². The van der Waals surface area contributed by atoms with E-state index in [1.165, 1.54) is 27.0 Å². The first-order chi connectivity index (χ1) is 13.5. The average Bonchev–Trinajstić information content (AvgIpc) is 3.41. The molecule has 1 fully saturated rings. The summed E-state index contributed by atoms with van der Waals surface area (Å²) in [6, 6.07) is 10.4. The molecule has 0 atom stereocenters. The molecule has 3 aromatic rings. The number of aromatic nitrogens is 1. The second kappa shape index (κ2) is 8.22. The van der Waals surface area contributed by atoms with Gasteiger partial charge in [0, 0.05) is 24.0 Å². The summed E-state index contributed by atoms with van der Waals surface area (Å²) in [6.45, 7) is 1.59. The highest BCUT2D eigenvalue weighted by Gasteiger charge is 2.26. The smallest absolute Gasteiger partial charge is 0.243 e. The summed E-state index contributed by atoms with van der Waals surface area (Å²) in [6.07, 6.45) is 0.272. The molecule has 0 saturated carbocycles. The standard InChI is InChI=1S/C19H18N2O4S3/c22-17(18-2-1-11-26-18)12-19-20-16(13-27-19)14-3-5-15(6-4-14)28(23,24)21-7-9-25-10-8-21/h1-6,11,13H,7-10,12H2. The van der Waals surface area contributed by atoms with Gasteiger partial charge in [-0.05, 0) is 23.6 Å². The lowest BCUT2D eigenvalue weighted by Crippen LogP contribution is -2.40. The second-order valence-electron chi connectivity index (χ2n) is 6.24. The zero-order chi connectivity index (χ0) is 19.6. The SMILES string of the molecule is O=C(Cc1nc(-c2ccc(S(=O)(=O)N3CCOCC3)cc2)cs1)c1cccs1. The van der Waals surface area contributed by atoms with Gasteiger partial charge in [-0.25, -0.2) is 13.4 Å². The topological polar surface area (TPSA) is 76.6 Å². The van der Waals surface area contributed by atoms with Crippen LogP contribution in [0.5, 0.6) is 0 Å². The first kappa shape index (κ1) is 19.4. The highest BCUT2D eigenvalue weighted by atomic mass is 32.2. The predicted octanol–water partition coefficient (Wildman–Crippen LogP) is 3.32. The Hall–Kier alpha value is -1.91. The van der Waals surface area contributed by atoms with E-state index < -0.39 is 10.0 Å². The third-order valence-electron chi connectivity index (χ3n) is 4.42. The lowest BCUT2D eigenvalue weighted by atomic mass is 10.2. The molecule has 0 unspecified atom stereocenters. The molecule has 0 N–H and O–H groups in total. The van der Waals surface area contributed by atoms with Gasteiger partial charge in [-0.1, -0.05) is 18.2 Å². The number of carbonyl (C=O) groups excluding carboxylic acids is 1. The fourth-order valence-electron chi connectivity index (χ4n) is 2.92. The predicted molar refractivity (Wildman–Crippen MR) is 109 cm³/mol. The van der Waals surface area contributed by atoms with E-state index in [1.807, 2.05) is 22.9 Å². The van der Waals surface area contributed by atoms with E-state index in [0.717, 1.165) is 21.1 Å². The molecule has 0 aliphatic carbocycles. The van der Waals surface area contributed by atoms with Gasteiger partial charge in [0.25, 0.3) is 0 Å². The van der Waals surface area contributed by atoms with Crippen LogP contribution in [0.25, 0.3) is 11.3 Å². The van der Waals surface area contributed by atoms with E-state index in [0.29, 0.717) is 26.3 Å². The lowest BCUT2D eigenvalue weighted by Gasteiger charge is -2.26. The number of hydrogen-bond acceptors (Lipinski definition) is 7. The summed E-state index contributed by atoms with van der Waals surface area (Å²) in [5.41, 5.74) is 1.57. The Labute approximate surface area is 171 Å². The molecule has 0 radical (unpaired) electrons. The lowest BCUT2D eigenvalue weighted by molar-refractivity contribution is 0.0730. The van der Waals surface area contributed by atoms with Crippen LogP contribution in [0, 0.1) is 0 Å². The van der Waals surface area contributed by atoms with Crippen LogP contribution >= 0.6 is 22.7 Å². The monoisotopic (exact) mass is 434 g/mol. The number of nitrogens with zero attached hydrogens (tertiary/aromatic N) is 2. The number of thiazole rings is 1. The number of Topliss-reactive ketones (excluding diaryl/α,β-unsaturated/α-hetero) is 1. The van der Waals surface area contributed by atoms with E-state index in [9.17, 15) is 13.2 Å². The fraction of sp³-hybridized carbons (Fsp3) is 0.263. The Morgan fingerprint density at radius 1 is 1.11 bits per heavy atom. The van der Waals surface area contributed by atoms with Crippen LogP contribution in [0.3, 0.4) is 0 Å². The summed E-state index contributed by atoms with van der Waals surface area (Å²) in [5.74, 6) is 0.0582. The van der Waals surface area contributed by atoms with Crippen molar-refractivity contribution in [3.8, 4) is 11.3 Å². The Morgan fingerprint density at radius 2 is 1.86 bits per heavy atom. The van der Waals surface area contributed by atoms with Crippen molar-refractivity contribution in [3.63, 3.8) is 0 Å². The van der Waals surface area contributed by atoms with Crippen molar-refractivity contribution in [2.24, 2.45) is 0 Å². The number of rotatable bonds is 6. The molecule has 0 bridgehead atoms. The molecule has 6 nitrogen and oxygen atoms in total. The average molecular weight is 435 g/mol. The molecule has 4 rings (SSSR count). The van der Waals surface area contributed by atoms with Crippen molar-refractivity contribution in [3.05, 3.63) is 57.0 Å². The van der Waals surface area contributed by atoms with Crippen LogP contribution < -0.4 is 0 Å². The Morgan fingerprint density at radius 3 is 2.54 bits per heavy atom. The van der Waals surface area contributed by atoms with Crippen LogP contribution in [0.4, 0.5) is 0 Å². The van der Waals surface area contributed by atoms with Crippen LogP contribution in [-0.2, 0) is 21.2 Å². The van der Waals surface area contributed by atoms with Crippen molar-refractivity contribution in [2.45, 2.75) is 11.3 Å². The largest absolute Gasteiger partial charge is 0.379 e. The number of benzene rings is 1. The maximum absolute atomic E-state index is 12.7. The maximum atomic E-state index is 12.7. The highest BCUT2D eigenvalue weighted by molar-refractivity contribution is 7.89. The fourth-order valence-corrected chi connectivity index (χ4v) is 5.79. The number of carbonyl (C=O) groups is 1. The van der Waals surface area contributed by atoms with Gasteiger partial charge in [0.2, 0.25) is 10.0 Å². The van der Waals surface area contributed by atoms with E-state index in [2.05, 4.69) is 4.98 Å². The summed E-state index contributed by atoms with van der Waals surface area (Å²) in [7, 11) is -3.50. The third kappa shape index (κ3) is 4.08. The first-order valence-corrected chi connectivity index (χ1v) is 11.9. The molecular weight excluding hydrogens is 416 g/mol. The molecular formula is C19H18N2O4S3. The van der Waals surface area contributed by atoms with Crippen molar-refractivity contribution >= 4 is 38.5 Å². The zero-order valence-corrected chi connectivity index (χ0v) is 17.4. The normalized spacial score (nSPS) is 15.6. The molecule has 2 aromatic heterocycles. The number of hydrogen-bond donors (Lipinski definition) is 0. The Kier molecular flexibility index (Phi) is 5.70. The minimum absolute atomic E-state index is 0.0582.